The third-order valence-electron chi connectivity index (χ3n) is 14.6. The van der Waals surface area contributed by atoms with Crippen LogP contribution in [0.3, 0.4) is 0 Å². The lowest BCUT2D eigenvalue weighted by Gasteiger charge is -2.50. The van der Waals surface area contributed by atoms with Gasteiger partial charge in [0.15, 0.2) is 12.6 Å². The number of likely N-dealkylation sites (N-methyl/N-ethyl adjacent to an activating group) is 1. The van der Waals surface area contributed by atoms with Gasteiger partial charge in [0.05, 0.1) is 47.6 Å². The van der Waals surface area contributed by atoms with Gasteiger partial charge in [-0.15, -0.1) is 0 Å². The molecule has 0 spiro atoms. The average Bonchev–Trinajstić information content (AvgIpc) is 3.19. The van der Waals surface area contributed by atoms with Crippen LogP contribution >= 0.6 is 0 Å². The molecule has 3 rings (SSSR count). The number of cyclic esters (lactones) is 1. The van der Waals surface area contributed by atoms with E-state index < -0.39 is 102 Å². The van der Waals surface area contributed by atoms with Crippen molar-refractivity contribution in [2.75, 3.05) is 40.8 Å². The van der Waals surface area contributed by atoms with Gasteiger partial charge < -0.3 is 69.1 Å². The number of carbonyl (C=O) groups is 1. The van der Waals surface area contributed by atoms with Gasteiger partial charge in [0.2, 0.25) is 0 Å². The Morgan fingerprint density at radius 3 is 2.08 bits per heavy atom. The van der Waals surface area contributed by atoms with E-state index in [1.165, 1.54) is 14.0 Å². The van der Waals surface area contributed by atoms with Gasteiger partial charge in [-0.1, -0.05) is 41.5 Å². The number of rotatable bonds is 15. The number of carbonyl (C=O) groups excluding carboxylic acids is 1. The van der Waals surface area contributed by atoms with E-state index in [1.54, 1.807) is 34.6 Å². The zero-order valence-electron chi connectivity index (χ0n) is 40.7. The molecule has 360 valence electrons. The second kappa shape index (κ2) is 22.9. The summed E-state index contributed by atoms with van der Waals surface area (Å²) in [6, 6.07) is -0.680. The fraction of sp³-hybridized carbons (Fsp3) is 0.978. The molecule has 61 heavy (non-hydrogen) atoms. The number of aliphatic hydroxyl groups excluding tert-OH is 3. The van der Waals surface area contributed by atoms with Crippen molar-refractivity contribution >= 4 is 5.97 Å². The van der Waals surface area contributed by atoms with Gasteiger partial charge in [0.1, 0.15) is 23.9 Å². The van der Waals surface area contributed by atoms with Crippen LogP contribution < -0.4 is 5.32 Å². The molecule has 15 heteroatoms. The van der Waals surface area contributed by atoms with E-state index >= 15 is 0 Å². The molecule has 6 N–H and O–H groups in total. The number of hydrogen-bond donors (Lipinski definition) is 6. The molecule has 0 saturated carbocycles. The summed E-state index contributed by atoms with van der Waals surface area (Å²) < 4.78 is 38.1. The Morgan fingerprint density at radius 1 is 0.902 bits per heavy atom. The maximum absolute atomic E-state index is 14.5. The monoisotopic (exact) mass is 876 g/mol. The maximum Gasteiger partial charge on any atom is 0.311 e. The van der Waals surface area contributed by atoms with Crippen LogP contribution in [0.5, 0.6) is 0 Å². The number of nitrogens with one attached hydrogen (secondary N) is 1. The van der Waals surface area contributed by atoms with Gasteiger partial charge in [-0.3, -0.25) is 4.79 Å². The normalized spacial score (nSPS) is 45.4. The van der Waals surface area contributed by atoms with Gasteiger partial charge in [0.25, 0.3) is 0 Å². The van der Waals surface area contributed by atoms with Gasteiger partial charge in [-0.2, -0.15) is 0 Å². The molecule has 3 fully saturated rings. The summed E-state index contributed by atoms with van der Waals surface area (Å²) >= 11 is 0. The number of nitrogens with zero attached hydrogens (tertiary/aromatic N) is 2. The second-order valence-corrected chi connectivity index (χ2v) is 20.0. The lowest BCUT2D eigenvalue weighted by atomic mass is 9.72. The first-order valence-electron chi connectivity index (χ1n) is 23.3. The summed E-state index contributed by atoms with van der Waals surface area (Å²) in [6.45, 7) is 27.2. The first-order valence-corrected chi connectivity index (χ1v) is 23.3. The minimum atomic E-state index is -1.85. The molecule has 9 unspecified atom stereocenters. The molecule has 20 atom stereocenters. The summed E-state index contributed by atoms with van der Waals surface area (Å²) in [4.78, 5) is 18.8. The molecule has 3 aliphatic heterocycles. The summed E-state index contributed by atoms with van der Waals surface area (Å²) in [7, 11) is 5.31. The number of esters is 1. The van der Waals surface area contributed by atoms with E-state index in [2.05, 4.69) is 31.0 Å². The first-order chi connectivity index (χ1) is 28.3. The Balaban J connectivity index is 2.20. The quantitative estimate of drug-likeness (QED) is 0.131. The van der Waals surface area contributed by atoms with E-state index in [0.717, 1.165) is 32.5 Å². The zero-order chi connectivity index (χ0) is 46.4. The van der Waals surface area contributed by atoms with Gasteiger partial charge in [-0.05, 0) is 120 Å². The fourth-order valence-corrected chi connectivity index (χ4v) is 10.5. The highest BCUT2D eigenvalue weighted by atomic mass is 16.7. The Morgan fingerprint density at radius 2 is 1.52 bits per heavy atom. The van der Waals surface area contributed by atoms with Gasteiger partial charge >= 0.3 is 5.97 Å². The summed E-state index contributed by atoms with van der Waals surface area (Å²) in [5, 5.41) is 63.9. The molecular formula is C46H89N3O12. The Labute approximate surface area is 368 Å². The third-order valence-corrected chi connectivity index (χ3v) is 14.6. The van der Waals surface area contributed by atoms with Crippen molar-refractivity contribution < 1.29 is 58.7 Å². The second-order valence-electron chi connectivity index (χ2n) is 20.0. The molecule has 3 heterocycles. The van der Waals surface area contributed by atoms with Crippen LogP contribution in [0.4, 0.5) is 0 Å². The third kappa shape index (κ3) is 13.3. The number of ether oxygens (including phenoxy) is 6. The highest BCUT2D eigenvalue weighted by Crippen LogP contribution is 2.41. The molecule has 3 saturated heterocycles. The molecule has 3 aliphatic rings. The summed E-state index contributed by atoms with van der Waals surface area (Å²) in [5.41, 5.74) is -4.52. The summed E-state index contributed by atoms with van der Waals surface area (Å²) in [6.07, 6.45) is -6.69. The minimum absolute atomic E-state index is 0.0280. The standard InChI is InChI=1S/C46H89N3O12/c1-17-34-46(13,55)39(51)29(7)36(47-27(5)21-20-22-49(18-2)19-3)26(4)24-44(11,54)41(61-43-37(50)33(48(14)15)23-28(6)57-43)30(8)38(31(9)42(53)59-34)60-35-25-45(12,56-16)40(52)32(10)58-35/h26-41,43,47,50-52,54-55H,17-25H2,1-16H3/t26-,27?,28?,29+,30+,31-,32?,33?,34-,35?,36+,37?,38+,39-,40?,41-,43?,44-,45?,46-/m1/s1. The van der Waals surface area contributed by atoms with Crippen LogP contribution in [-0.4, -0.2) is 178 Å². The maximum atomic E-state index is 14.5. The molecule has 0 aromatic carbocycles. The average molecular weight is 876 g/mol. The predicted octanol–water partition coefficient (Wildman–Crippen LogP) is 3.69. The van der Waals surface area contributed by atoms with Crippen LogP contribution in [-0.2, 0) is 33.2 Å². The zero-order valence-corrected chi connectivity index (χ0v) is 40.7. The van der Waals surface area contributed by atoms with Gasteiger partial charge in [-0.25, -0.2) is 0 Å². The van der Waals surface area contributed by atoms with Crippen molar-refractivity contribution in [1.29, 1.82) is 0 Å². The molecule has 0 bridgehead atoms. The van der Waals surface area contributed by atoms with Crippen LogP contribution in [0.2, 0.25) is 0 Å². The highest BCUT2D eigenvalue weighted by molar-refractivity contribution is 5.73. The molecular weight excluding hydrogens is 787 g/mol. The Hall–Kier alpha value is -1.05. The van der Waals surface area contributed by atoms with Crippen molar-refractivity contribution in [3.63, 3.8) is 0 Å². The highest BCUT2D eigenvalue weighted by Gasteiger charge is 2.53. The van der Waals surface area contributed by atoms with Gasteiger partial charge in [0, 0.05) is 43.5 Å². The fourth-order valence-electron chi connectivity index (χ4n) is 10.5. The molecule has 0 aliphatic carbocycles. The van der Waals surface area contributed by atoms with E-state index in [-0.39, 0.29) is 43.4 Å². The largest absolute Gasteiger partial charge is 0.459 e. The van der Waals surface area contributed by atoms with Crippen LogP contribution in [0.1, 0.15) is 129 Å². The number of methoxy groups -OCH3 is 1. The lowest BCUT2D eigenvalue weighted by molar-refractivity contribution is -0.318. The van der Waals surface area contributed by atoms with Crippen molar-refractivity contribution in [3.8, 4) is 0 Å². The van der Waals surface area contributed by atoms with E-state index in [1.807, 2.05) is 46.7 Å². The van der Waals surface area contributed by atoms with E-state index in [9.17, 15) is 30.3 Å². The number of aliphatic hydroxyl groups is 5. The van der Waals surface area contributed by atoms with Crippen LogP contribution in [0.15, 0.2) is 0 Å². The first kappa shape index (κ1) is 54.3. The van der Waals surface area contributed by atoms with Crippen molar-refractivity contribution in [2.24, 2.45) is 23.7 Å². The molecule has 0 amide bonds. The van der Waals surface area contributed by atoms with Crippen molar-refractivity contribution in [1.82, 2.24) is 15.1 Å². The molecule has 0 radical (unpaired) electrons. The Bertz CT molecular complexity index is 1320. The molecule has 0 aromatic rings. The smallest absolute Gasteiger partial charge is 0.311 e. The van der Waals surface area contributed by atoms with Crippen LogP contribution in [0, 0.1) is 23.7 Å². The lowest BCUT2D eigenvalue weighted by Crippen LogP contribution is -2.62. The molecule has 0 aromatic heterocycles. The topological polar surface area (TPSA) is 192 Å². The van der Waals surface area contributed by atoms with Crippen molar-refractivity contribution in [2.45, 2.75) is 225 Å². The minimum Gasteiger partial charge on any atom is -0.459 e. The Kier molecular flexibility index (Phi) is 20.4. The summed E-state index contributed by atoms with van der Waals surface area (Å²) in [5.74, 6) is -3.34. The SMILES string of the molecule is CC[C@H]1OC(=O)[C@H](C)[C@@H](OC2CC(C)(OC)C(O)C(C)O2)[C@H](C)[C@@H](OC2OC(C)CC(N(C)C)C2O)[C@](C)(O)C[C@@H](C)[C@H](NC(C)CCCN(CC)CC)[C@H](C)[C@@H](O)[C@]1(C)O. The van der Waals surface area contributed by atoms with Crippen LogP contribution in [0.25, 0.3) is 0 Å². The number of hydrogen-bond acceptors (Lipinski definition) is 15. The van der Waals surface area contributed by atoms with Crippen molar-refractivity contribution in [3.05, 3.63) is 0 Å². The van der Waals surface area contributed by atoms with E-state index in [0.29, 0.717) is 6.42 Å². The predicted molar refractivity (Wildman–Crippen MR) is 235 cm³/mol. The van der Waals surface area contributed by atoms with E-state index in [4.69, 9.17) is 28.4 Å². The molecule has 15 nitrogen and oxygen atoms in total.